The molecule has 0 aromatic heterocycles. The molecular formula is C20H21N3O5. The molecular weight excluding hydrogens is 362 g/mol. The molecule has 1 saturated heterocycles. The number of anilines is 1. The van der Waals surface area contributed by atoms with Crippen molar-refractivity contribution in [2.75, 3.05) is 31.2 Å². The maximum absolute atomic E-state index is 12.1. The summed E-state index contributed by atoms with van der Waals surface area (Å²) in [4.78, 5) is 25.3. The molecule has 4 rings (SSSR count). The largest absolute Gasteiger partial charge is 0.486 e. The van der Waals surface area contributed by atoms with E-state index in [4.69, 9.17) is 14.2 Å². The van der Waals surface area contributed by atoms with Gasteiger partial charge in [-0.05, 0) is 29.8 Å². The van der Waals surface area contributed by atoms with Gasteiger partial charge < -0.3 is 24.8 Å². The first-order chi connectivity index (χ1) is 13.7. The van der Waals surface area contributed by atoms with E-state index in [0.717, 1.165) is 11.3 Å². The maximum atomic E-state index is 12.1. The third kappa shape index (κ3) is 4.11. The lowest BCUT2D eigenvalue weighted by atomic mass is 10.2. The summed E-state index contributed by atoms with van der Waals surface area (Å²) >= 11 is 0. The number of fused-ring (bicyclic) bond motifs is 1. The Morgan fingerprint density at radius 1 is 1.07 bits per heavy atom. The molecule has 2 aromatic rings. The second-order valence-electron chi connectivity index (χ2n) is 6.50. The number of rotatable bonds is 5. The number of amides is 3. The van der Waals surface area contributed by atoms with Crippen molar-refractivity contribution in [2.45, 2.75) is 12.6 Å². The lowest BCUT2D eigenvalue weighted by Crippen LogP contribution is -2.44. The van der Waals surface area contributed by atoms with Gasteiger partial charge in [-0.2, -0.15) is 0 Å². The van der Waals surface area contributed by atoms with Crippen LogP contribution >= 0.6 is 0 Å². The van der Waals surface area contributed by atoms with Crippen molar-refractivity contribution >= 4 is 17.8 Å². The van der Waals surface area contributed by atoms with Crippen molar-refractivity contribution in [3.8, 4) is 11.5 Å². The number of ether oxygens (including phenoxy) is 3. The molecule has 0 bridgehead atoms. The fourth-order valence-electron chi connectivity index (χ4n) is 3.08. The van der Waals surface area contributed by atoms with Gasteiger partial charge in [-0.15, -0.1) is 0 Å². The molecule has 8 nitrogen and oxygen atoms in total. The molecule has 1 unspecified atom stereocenters. The molecule has 0 radical (unpaired) electrons. The molecule has 146 valence electrons. The predicted octanol–water partition coefficient (Wildman–Crippen LogP) is 2.28. The molecule has 0 saturated carbocycles. The Kier molecular flexibility index (Phi) is 5.18. The lowest BCUT2D eigenvalue weighted by molar-refractivity contribution is 0.0918. The highest BCUT2D eigenvalue weighted by molar-refractivity contribution is 5.89. The minimum absolute atomic E-state index is 0.245. The van der Waals surface area contributed by atoms with Crippen molar-refractivity contribution in [2.24, 2.45) is 0 Å². The molecule has 3 amide bonds. The molecule has 0 aliphatic carbocycles. The van der Waals surface area contributed by atoms with Crippen LogP contribution in [-0.2, 0) is 11.3 Å². The van der Waals surface area contributed by atoms with Crippen molar-refractivity contribution in [3.05, 3.63) is 54.1 Å². The average molecular weight is 383 g/mol. The first-order valence-electron chi connectivity index (χ1n) is 9.12. The molecule has 1 atom stereocenters. The second kappa shape index (κ2) is 8.08. The van der Waals surface area contributed by atoms with E-state index in [2.05, 4.69) is 10.6 Å². The number of nitrogens with zero attached hydrogens (tertiary/aromatic N) is 1. The van der Waals surface area contributed by atoms with Gasteiger partial charge in [0, 0.05) is 12.2 Å². The quantitative estimate of drug-likeness (QED) is 0.827. The van der Waals surface area contributed by atoms with Crippen LogP contribution in [0, 0.1) is 0 Å². The van der Waals surface area contributed by atoms with Crippen LogP contribution in [0.25, 0.3) is 0 Å². The summed E-state index contributed by atoms with van der Waals surface area (Å²) < 4.78 is 16.4. The van der Waals surface area contributed by atoms with Crippen molar-refractivity contribution in [1.82, 2.24) is 10.6 Å². The molecule has 2 aliphatic heterocycles. The van der Waals surface area contributed by atoms with E-state index in [1.54, 1.807) is 4.90 Å². The zero-order valence-electron chi connectivity index (χ0n) is 15.2. The number of nitrogens with one attached hydrogen (secondary N) is 2. The molecule has 28 heavy (non-hydrogen) atoms. The Bertz CT molecular complexity index is 872. The molecule has 2 aliphatic rings. The summed E-state index contributed by atoms with van der Waals surface area (Å²) in [7, 11) is 0. The topological polar surface area (TPSA) is 89.1 Å². The molecule has 0 spiro atoms. The van der Waals surface area contributed by atoms with E-state index in [-0.39, 0.29) is 18.2 Å². The first kappa shape index (κ1) is 18.0. The summed E-state index contributed by atoms with van der Waals surface area (Å²) in [5.74, 6) is 1.39. The Morgan fingerprint density at radius 3 is 2.75 bits per heavy atom. The number of hydrogen-bond acceptors (Lipinski definition) is 5. The Balaban J connectivity index is 1.24. The van der Waals surface area contributed by atoms with Gasteiger partial charge in [0.05, 0.1) is 13.1 Å². The van der Waals surface area contributed by atoms with E-state index in [1.807, 2.05) is 48.5 Å². The smallest absolute Gasteiger partial charge is 0.414 e. The summed E-state index contributed by atoms with van der Waals surface area (Å²) in [5, 5.41) is 5.60. The molecule has 8 heteroatoms. The zero-order valence-corrected chi connectivity index (χ0v) is 15.2. The summed E-state index contributed by atoms with van der Waals surface area (Å²) in [6.45, 7) is 1.97. The number of cyclic esters (lactones) is 1. The minimum Gasteiger partial charge on any atom is -0.486 e. The average Bonchev–Trinajstić information content (AvgIpc) is 3.16. The highest BCUT2D eigenvalue weighted by Gasteiger charge is 2.24. The summed E-state index contributed by atoms with van der Waals surface area (Å²) in [5.41, 5.74) is 1.65. The van der Waals surface area contributed by atoms with Gasteiger partial charge >= 0.3 is 12.1 Å². The van der Waals surface area contributed by atoms with Crippen LogP contribution in [0.2, 0.25) is 0 Å². The van der Waals surface area contributed by atoms with Gasteiger partial charge in [-0.1, -0.05) is 24.3 Å². The zero-order chi connectivity index (χ0) is 19.3. The molecule has 1 fully saturated rings. The summed E-state index contributed by atoms with van der Waals surface area (Å²) in [6, 6.07) is 14.6. The van der Waals surface area contributed by atoms with Gasteiger partial charge in [0.15, 0.2) is 17.6 Å². The Morgan fingerprint density at radius 2 is 1.93 bits per heavy atom. The summed E-state index contributed by atoms with van der Waals surface area (Å²) in [6.07, 6.45) is -0.593. The third-order valence-corrected chi connectivity index (χ3v) is 4.49. The van der Waals surface area contributed by atoms with Crippen molar-refractivity contribution in [1.29, 1.82) is 0 Å². The van der Waals surface area contributed by atoms with E-state index in [9.17, 15) is 9.59 Å². The number of benzene rings is 2. The minimum atomic E-state index is -0.348. The van der Waals surface area contributed by atoms with Gasteiger partial charge in [0.2, 0.25) is 0 Å². The maximum Gasteiger partial charge on any atom is 0.414 e. The van der Waals surface area contributed by atoms with Crippen molar-refractivity contribution in [3.63, 3.8) is 0 Å². The van der Waals surface area contributed by atoms with Crippen LogP contribution in [0.5, 0.6) is 11.5 Å². The van der Waals surface area contributed by atoms with Crippen LogP contribution in [0.15, 0.2) is 48.5 Å². The van der Waals surface area contributed by atoms with Crippen LogP contribution in [0.3, 0.4) is 0 Å². The first-order valence-corrected chi connectivity index (χ1v) is 9.12. The normalized spacial score (nSPS) is 17.8. The lowest BCUT2D eigenvalue weighted by Gasteiger charge is -2.26. The molecule has 2 N–H and O–H groups in total. The third-order valence-electron chi connectivity index (χ3n) is 4.49. The van der Waals surface area contributed by atoms with Crippen LogP contribution in [0.4, 0.5) is 15.3 Å². The van der Waals surface area contributed by atoms with Crippen LogP contribution in [0.1, 0.15) is 5.56 Å². The predicted molar refractivity (Wildman–Crippen MR) is 102 cm³/mol. The van der Waals surface area contributed by atoms with Crippen molar-refractivity contribution < 1.29 is 23.8 Å². The SMILES string of the molecule is O=C(NCc1cccc(N2CCOC2=O)c1)NCC1COc2ccccc2O1. The monoisotopic (exact) mass is 383 g/mol. The van der Waals surface area contributed by atoms with E-state index in [1.165, 1.54) is 0 Å². The highest BCUT2D eigenvalue weighted by atomic mass is 16.6. The Labute approximate surface area is 162 Å². The van der Waals surface area contributed by atoms with Crippen LogP contribution in [-0.4, -0.2) is 44.5 Å². The molecule has 2 heterocycles. The van der Waals surface area contributed by atoms with E-state index < -0.39 is 0 Å². The number of para-hydroxylation sites is 2. The van der Waals surface area contributed by atoms with Crippen LogP contribution < -0.4 is 25.0 Å². The highest BCUT2D eigenvalue weighted by Crippen LogP contribution is 2.30. The number of urea groups is 1. The number of hydrogen-bond donors (Lipinski definition) is 2. The number of carbonyl (C=O) groups is 2. The number of carbonyl (C=O) groups excluding carboxylic acids is 2. The van der Waals surface area contributed by atoms with Gasteiger partial charge in [0.1, 0.15) is 13.2 Å². The Hall–Kier alpha value is -3.42. The standard InChI is InChI=1S/C20H21N3O5/c24-19(22-12-16-13-27-17-6-1-2-7-18(17)28-16)21-11-14-4-3-5-15(10-14)23-8-9-26-20(23)25/h1-7,10,16H,8-9,11-13H2,(H2,21,22,24). The fourth-order valence-corrected chi connectivity index (χ4v) is 3.08. The van der Waals surface area contributed by atoms with E-state index >= 15 is 0 Å². The molecule has 2 aromatic carbocycles. The van der Waals surface area contributed by atoms with Gasteiger partial charge in [-0.3, -0.25) is 4.90 Å². The second-order valence-corrected chi connectivity index (χ2v) is 6.50. The van der Waals surface area contributed by atoms with Gasteiger partial charge in [-0.25, -0.2) is 9.59 Å². The fraction of sp³-hybridized carbons (Fsp3) is 0.300. The van der Waals surface area contributed by atoms with Gasteiger partial charge in [0.25, 0.3) is 0 Å². The van der Waals surface area contributed by atoms with E-state index in [0.29, 0.717) is 44.3 Å².